The number of rotatable bonds is 7. The molecule has 0 fully saturated rings. The second kappa shape index (κ2) is 10.9. The molecule has 28 heavy (non-hydrogen) atoms. The number of hydrogen-bond acceptors (Lipinski definition) is 5. The molecule has 0 saturated heterocycles. The van der Waals surface area contributed by atoms with Gasteiger partial charge in [0.2, 0.25) is 12.7 Å². The summed E-state index contributed by atoms with van der Waals surface area (Å²) in [6, 6.07) is 9.90. The molecule has 0 unspecified atom stereocenters. The fourth-order valence-electron chi connectivity index (χ4n) is 2.65. The van der Waals surface area contributed by atoms with E-state index >= 15 is 0 Å². The first-order chi connectivity index (χ1) is 13.1. The van der Waals surface area contributed by atoms with Crippen LogP contribution in [0.15, 0.2) is 41.5 Å². The molecular weight excluding hydrogens is 471 g/mol. The van der Waals surface area contributed by atoms with Gasteiger partial charge in [0.15, 0.2) is 17.5 Å². The second-order valence-electron chi connectivity index (χ2n) is 6.46. The number of nitrogens with zero attached hydrogens (tertiary/aromatic N) is 2. The van der Waals surface area contributed by atoms with Crippen LogP contribution in [0.2, 0.25) is 0 Å². The molecule has 1 aliphatic heterocycles. The Morgan fingerprint density at radius 3 is 2.64 bits per heavy atom. The van der Waals surface area contributed by atoms with E-state index in [-0.39, 0.29) is 30.1 Å². The normalized spacial score (nSPS) is 12.5. The summed E-state index contributed by atoms with van der Waals surface area (Å²) < 4.78 is 16.3. The van der Waals surface area contributed by atoms with E-state index < -0.39 is 0 Å². The highest BCUT2D eigenvalue weighted by molar-refractivity contribution is 14.0. The smallest absolute Gasteiger partial charge is 0.231 e. The van der Waals surface area contributed by atoms with Crippen LogP contribution in [0.3, 0.4) is 0 Å². The van der Waals surface area contributed by atoms with Gasteiger partial charge >= 0.3 is 0 Å². The van der Waals surface area contributed by atoms with Crippen molar-refractivity contribution in [2.75, 3.05) is 20.4 Å². The van der Waals surface area contributed by atoms with E-state index in [0.29, 0.717) is 19.2 Å². The van der Waals surface area contributed by atoms with Crippen LogP contribution >= 0.6 is 24.0 Å². The van der Waals surface area contributed by atoms with Crippen molar-refractivity contribution >= 4 is 29.9 Å². The molecule has 0 atom stereocenters. The van der Waals surface area contributed by atoms with Gasteiger partial charge in [0, 0.05) is 32.4 Å². The molecule has 2 heterocycles. The van der Waals surface area contributed by atoms with Gasteiger partial charge in [0.25, 0.3) is 0 Å². The van der Waals surface area contributed by atoms with Crippen molar-refractivity contribution in [3.63, 3.8) is 0 Å². The van der Waals surface area contributed by atoms with E-state index in [1.807, 2.05) is 44.3 Å². The highest BCUT2D eigenvalue weighted by atomic mass is 127. The molecule has 0 aliphatic carbocycles. The molecule has 3 rings (SSSR count). The third-order valence-corrected chi connectivity index (χ3v) is 3.98. The Hall–Kier alpha value is -2.23. The standard InChI is InChI=1S/C20H26N4O3.HI/c1-14(2)27-19-7-5-16(11-23-19)12-24-20(21-3)22-9-8-15-4-6-17-18(10-15)26-13-25-17;/h4-7,10-11,14H,8-9,12-13H2,1-3H3,(H2,21,22,24);1H. The summed E-state index contributed by atoms with van der Waals surface area (Å²) in [5.41, 5.74) is 2.25. The number of fused-ring (bicyclic) bond motifs is 1. The average Bonchev–Trinajstić information content (AvgIpc) is 3.13. The van der Waals surface area contributed by atoms with Crippen molar-refractivity contribution in [1.82, 2.24) is 15.6 Å². The molecule has 1 aromatic carbocycles. The highest BCUT2D eigenvalue weighted by Crippen LogP contribution is 2.32. The largest absolute Gasteiger partial charge is 0.475 e. The Kier molecular flexibility index (Phi) is 8.62. The molecule has 7 nitrogen and oxygen atoms in total. The molecule has 1 aromatic heterocycles. The van der Waals surface area contributed by atoms with Crippen LogP contribution in [-0.4, -0.2) is 37.4 Å². The molecule has 0 amide bonds. The van der Waals surface area contributed by atoms with Crippen LogP contribution in [0.5, 0.6) is 17.4 Å². The Bertz CT molecular complexity index is 782. The molecule has 8 heteroatoms. The monoisotopic (exact) mass is 498 g/mol. The molecule has 0 saturated carbocycles. The number of aromatic nitrogens is 1. The number of halogens is 1. The fourth-order valence-corrected chi connectivity index (χ4v) is 2.65. The Balaban J connectivity index is 0.00000280. The first-order valence-corrected chi connectivity index (χ1v) is 9.08. The zero-order valence-electron chi connectivity index (χ0n) is 16.4. The lowest BCUT2D eigenvalue weighted by molar-refractivity contribution is 0.174. The molecule has 1 aliphatic rings. The summed E-state index contributed by atoms with van der Waals surface area (Å²) >= 11 is 0. The predicted octanol–water partition coefficient (Wildman–Crippen LogP) is 3.12. The maximum absolute atomic E-state index is 5.55. The SMILES string of the molecule is CN=C(NCCc1ccc2c(c1)OCO2)NCc1ccc(OC(C)C)nc1.I. The van der Waals surface area contributed by atoms with Crippen LogP contribution in [0.4, 0.5) is 0 Å². The molecular formula is C20H27IN4O3. The van der Waals surface area contributed by atoms with E-state index in [4.69, 9.17) is 14.2 Å². The zero-order valence-corrected chi connectivity index (χ0v) is 18.7. The third kappa shape index (κ3) is 6.43. The Morgan fingerprint density at radius 2 is 1.93 bits per heavy atom. The Labute approximate surface area is 182 Å². The summed E-state index contributed by atoms with van der Waals surface area (Å²) in [6.45, 7) is 5.66. The minimum absolute atomic E-state index is 0. The third-order valence-electron chi connectivity index (χ3n) is 3.98. The van der Waals surface area contributed by atoms with Crippen molar-refractivity contribution in [3.05, 3.63) is 47.7 Å². The number of benzene rings is 1. The number of nitrogens with one attached hydrogen (secondary N) is 2. The van der Waals surface area contributed by atoms with Gasteiger partial charge in [-0.25, -0.2) is 4.98 Å². The number of pyridine rings is 1. The number of guanidine groups is 1. The summed E-state index contributed by atoms with van der Waals surface area (Å²) in [4.78, 5) is 8.56. The first kappa shape index (κ1) is 22.1. The van der Waals surface area contributed by atoms with Crippen molar-refractivity contribution in [1.29, 1.82) is 0 Å². The van der Waals surface area contributed by atoms with Crippen LogP contribution in [0.1, 0.15) is 25.0 Å². The summed E-state index contributed by atoms with van der Waals surface area (Å²) in [5, 5.41) is 6.60. The number of aliphatic imine (C=N–C) groups is 1. The Morgan fingerprint density at radius 1 is 1.14 bits per heavy atom. The van der Waals surface area contributed by atoms with Gasteiger partial charge in [-0.05, 0) is 43.5 Å². The van der Waals surface area contributed by atoms with Crippen molar-refractivity contribution < 1.29 is 14.2 Å². The lowest BCUT2D eigenvalue weighted by Crippen LogP contribution is -2.37. The van der Waals surface area contributed by atoms with E-state index in [1.54, 1.807) is 7.05 Å². The van der Waals surface area contributed by atoms with Crippen molar-refractivity contribution in [3.8, 4) is 17.4 Å². The van der Waals surface area contributed by atoms with Gasteiger partial charge in [-0.15, -0.1) is 24.0 Å². The molecule has 0 radical (unpaired) electrons. The summed E-state index contributed by atoms with van der Waals surface area (Å²) in [5.74, 6) is 3.01. The van der Waals surface area contributed by atoms with Gasteiger partial charge in [0.1, 0.15) is 0 Å². The van der Waals surface area contributed by atoms with Crippen LogP contribution < -0.4 is 24.8 Å². The number of hydrogen-bond donors (Lipinski definition) is 2. The highest BCUT2D eigenvalue weighted by Gasteiger charge is 2.12. The molecule has 2 aromatic rings. The average molecular weight is 498 g/mol. The predicted molar refractivity (Wildman–Crippen MR) is 120 cm³/mol. The van der Waals surface area contributed by atoms with Gasteiger partial charge < -0.3 is 24.8 Å². The quantitative estimate of drug-likeness (QED) is 0.347. The summed E-state index contributed by atoms with van der Waals surface area (Å²) in [7, 11) is 1.76. The lowest BCUT2D eigenvalue weighted by Gasteiger charge is -2.13. The van der Waals surface area contributed by atoms with E-state index in [2.05, 4.69) is 26.7 Å². The minimum Gasteiger partial charge on any atom is -0.475 e. The van der Waals surface area contributed by atoms with Gasteiger partial charge in [0.05, 0.1) is 6.10 Å². The van der Waals surface area contributed by atoms with Crippen molar-refractivity contribution in [2.24, 2.45) is 4.99 Å². The minimum atomic E-state index is 0. The van der Waals surface area contributed by atoms with Gasteiger partial charge in [-0.1, -0.05) is 12.1 Å². The molecule has 152 valence electrons. The lowest BCUT2D eigenvalue weighted by atomic mass is 10.1. The van der Waals surface area contributed by atoms with Crippen molar-refractivity contribution in [2.45, 2.75) is 32.9 Å². The van der Waals surface area contributed by atoms with E-state index in [9.17, 15) is 0 Å². The molecule has 0 spiro atoms. The van der Waals surface area contributed by atoms with Gasteiger partial charge in [-0.3, -0.25) is 4.99 Å². The van der Waals surface area contributed by atoms with E-state index in [1.165, 1.54) is 5.56 Å². The van der Waals surface area contributed by atoms with Gasteiger partial charge in [-0.2, -0.15) is 0 Å². The second-order valence-corrected chi connectivity index (χ2v) is 6.46. The molecule has 2 N–H and O–H groups in total. The summed E-state index contributed by atoms with van der Waals surface area (Å²) in [6.07, 6.45) is 2.79. The fraction of sp³-hybridized carbons (Fsp3) is 0.400. The molecule has 0 bridgehead atoms. The maximum atomic E-state index is 5.55. The number of ether oxygens (including phenoxy) is 3. The van der Waals surface area contributed by atoms with E-state index in [0.717, 1.165) is 36.0 Å². The van der Waals surface area contributed by atoms with Crippen LogP contribution in [-0.2, 0) is 13.0 Å². The zero-order chi connectivity index (χ0) is 19.1. The van der Waals surface area contributed by atoms with Crippen LogP contribution in [0.25, 0.3) is 0 Å². The topological polar surface area (TPSA) is 77.0 Å². The van der Waals surface area contributed by atoms with Crippen LogP contribution in [0, 0.1) is 0 Å². The maximum Gasteiger partial charge on any atom is 0.231 e. The first-order valence-electron chi connectivity index (χ1n) is 9.08.